The van der Waals surface area contributed by atoms with Crippen molar-refractivity contribution in [2.75, 3.05) is 19.7 Å². The maximum atomic E-state index is 12.3. The molecule has 2 unspecified atom stereocenters. The molecule has 1 heterocycles. The van der Waals surface area contributed by atoms with Gasteiger partial charge in [-0.2, -0.15) is 0 Å². The lowest BCUT2D eigenvalue weighted by molar-refractivity contribution is -0.152. The van der Waals surface area contributed by atoms with Crippen molar-refractivity contribution in [2.24, 2.45) is 0 Å². The molecule has 0 aromatic heterocycles. The van der Waals surface area contributed by atoms with Crippen LogP contribution in [0.4, 0.5) is 0 Å². The standard InChI is InChI=1S/C16H23NO3/c1-3-20-15(18)14(13-8-5-4-6-9-13)17-11-7-10-16(2,19)12-17/h4-6,8-9,14,19H,3,7,10-12H2,1-2H3. The van der Waals surface area contributed by atoms with Crippen LogP contribution < -0.4 is 0 Å². The Hall–Kier alpha value is -1.39. The highest BCUT2D eigenvalue weighted by Gasteiger charge is 2.36. The van der Waals surface area contributed by atoms with Gasteiger partial charge in [0.25, 0.3) is 0 Å². The molecular formula is C16H23NO3. The van der Waals surface area contributed by atoms with Crippen LogP contribution in [-0.4, -0.2) is 41.3 Å². The van der Waals surface area contributed by atoms with Gasteiger partial charge in [0.05, 0.1) is 12.2 Å². The zero-order valence-corrected chi connectivity index (χ0v) is 12.2. The minimum atomic E-state index is -0.738. The van der Waals surface area contributed by atoms with Crippen LogP contribution in [0.1, 0.15) is 38.3 Å². The second-order valence-corrected chi connectivity index (χ2v) is 5.64. The van der Waals surface area contributed by atoms with E-state index in [0.29, 0.717) is 13.2 Å². The quantitative estimate of drug-likeness (QED) is 0.857. The number of carbonyl (C=O) groups is 1. The van der Waals surface area contributed by atoms with Gasteiger partial charge in [-0.3, -0.25) is 4.90 Å². The molecule has 1 aromatic carbocycles. The molecule has 1 aromatic rings. The molecule has 4 heteroatoms. The number of hydrogen-bond acceptors (Lipinski definition) is 4. The molecule has 1 aliphatic rings. The monoisotopic (exact) mass is 277 g/mol. The number of hydrogen-bond donors (Lipinski definition) is 1. The first-order valence-corrected chi connectivity index (χ1v) is 7.21. The van der Waals surface area contributed by atoms with Gasteiger partial charge in [-0.1, -0.05) is 30.3 Å². The van der Waals surface area contributed by atoms with Gasteiger partial charge in [0.2, 0.25) is 0 Å². The number of β-amino-alcohol motifs (C(OH)–C–C–N with tert-alkyl or cyclic N) is 1. The Morgan fingerprint density at radius 1 is 1.45 bits per heavy atom. The Kier molecular flexibility index (Phi) is 4.78. The number of esters is 1. The Labute approximate surface area is 120 Å². The number of aliphatic hydroxyl groups is 1. The predicted molar refractivity (Wildman–Crippen MR) is 77.2 cm³/mol. The third-order valence-corrected chi connectivity index (χ3v) is 3.69. The second-order valence-electron chi connectivity index (χ2n) is 5.64. The molecule has 2 atom stereocenters. The molecule has 0 saturated carbocycles. The minimum Gasteiger partial charge on any atom is -0.465 e. The van der Waals surface area contributed by atoms with Crippen LogP contribution in [0.2, 0.25) is 0 Å². The number of nitrogens with zero attached hydrogens (tertiary/aromatic N) is 1. The van der Waals surface area contributed by atoms with Crippen molar-refractivity contribution in [3.8, 4) is 0 Å². The molecule has 2 rings (SSSR count). The Morgan fingerprint density at radius 2 is 2.15 bits per heavy atom. The van der Waals surface area contributed by atoms with E-state index in [1.807, 2.05) is 49.1 Å². The normalized spacial score (nSPS) is 25.1. The summed E-state index contributed by atoms with van der Waals surface area (Å²) in [6, 6.07) is 9.21. The van der Waals surface area contributed by atoms with E-state index in [2.05, 4.69) is 0 Å². The van der Waals surface area contributed by atoms with E-state index < -0.39 is 11.6 Å². The van der Waals surface area contributed by atoms with Gasteiger partial charge in [0, 0.05) is 6.54 Å². The summed E-state index contributed by atoms with van der Waals surface area (Å²) >= 11 is 0. The van der Waals surface area contributed by atoms with Gasteiger partial charge in [-0.05, 0) is 38.8 Å². The Bertz CT molecular complexity index is 444. The molecule has 0 amide bonds. The summed E-state index contributed by atoms with van der Waals surface area (Å²) in [7, 11) is 0. The summed E-state index contributed by atoms with van der Waals surface area (Å²) in [4.78, 5) is 14.3. The first-order valence-electron chi connectivity index (χ1n) is 7.21. The fourth-order valence-electron chi connectivity index (χ4n) is 2.83. The summed E-state index contributed by atoms with van der Waals surface area (Å²) in [5.74, 6) is -0.239. The number of likely N-dealkylation sites (tertiary alicyclic amines) is 1. The van der Waals surface area contributed by atoms with Crippen LogP contribution >= 0.6 is 0 Å². The van der Waals surface area contributed by atoms with Crippen LogP contribution in [0.5, 0.6) is 0 Å². The number of ether oxygens (including phenoxy) is 1. The first kappa shape index (κ1) is 15.0. The third kappa shape index (κ3) is 3.58. The van der Waals surface area contributed by atoms with Gasteiger partial charge in [-0.15, -0.1) is 0 Å². The van der Waals surface area contributed by atoms with E-state index in [9.17, 15) is 9.90 Å². The molecular weight excluding hydrogens is 254 g/mol. The summed E-state index contributed by atoms with van der Waals surface area (Å²) in [6.45, 7) is 5.30. The Morgan fingerprint density at radius 3 is 2.75 bits per heavy atom. The van der Waals surface area contributed by atoms with Gasteiger partial charge >= 0.3 is 5.97 Å². The van der Waals surface area contributed by atoms with Gasteiger partial charge in [-0.25, -0.2) is 4.79 Å². The minimum absolute atomic E-state index is 0.239. The topological polar surface area (TPSA) is 49.8 Å². The van der Waals surface area contributed by atoms with Crippen LogP contribution in [0.15, 0.2) is 30.3 Å². The summed E-state index contributed by atoms with van der Waals surface area (Å²) in [6.07, 6.45) is 1.66. The highest BCUT2D eigenvalue weighted by atomic mass is 16.5. The van der Waals surface area contributed by atoms with E-state index in [-0.39, 0.29) is 5.97 Å². The van der Waals surface area contributed by atoms with Crippen LogP contribution in [0, 0.1) is 0 Å². The molecule has 1 saturated heterocycles. The van der Waals surface area contributed by atoms with Crippen molar-refractivity contribution >= 4 is 5.97 Å². The van der Waals surface area contributed by atoms with Crippen molar-refractivity contribution in [1.82, 2.24) is 4.90 Å². The van der Waals surface area contributed by atoms with Gasteiger partial charge < -0.3 is 9.84 Å². The molecule has 0 spiro atoms. The lowest BCUT2D eigenvalue weighted by Gasteiger charge is -2.40. The van der Waals surface area contributed by atoms with Gasteiger partial charge in [0.1, 0.15) is 6.04 Å². The number of benzene rings is 1. The number of carbonyl (C=O) groups excluding carboxylic acids is 1. The van der Waals surface area contributed by atoms with Gasteiger partial charge in [0.15, 0.2) is 0 Å². The SMILES string of the molecule is CCOC(=O)C(c1ccccc1)N1CCCC(C)(O)C1. The predicted octanol–water partition coefficient (Wildman–Crippen LogP) is 2.14. The van der Waals surface area contributed by atoms with Crippen molar-refractivity contribution in [3.05, 3.63) is 35.9 Å². The van der Waals surface area contributed by atoms with Crippen molar-refractivity contribution in [2.45, 2.75) is 38.3 Å². The van der Waals surface area contributed by atoms with Crippen LogP contribution in [0.3, 0.4) is 0 Å². The van der Waals surface area contributed by atoms with E-state index in [1.165, 1.54) is 0 Å². The van der Waals surface area contributed by atoms with Crippen molar-refractivity contribution in [1.29, 1.82) is 0 Å². The maximum Gasteiger partial charge on any atom is 0.328 e. The van der Waals surface area contributed by atoms with E-state index in [0.717, 1.165) is 24.9 Å². The maximum absolute atomic E-state index is 12.3. The molecule has 0 radical (unpaired) electrons. The lowest BCUT2D eigenvalue weighted by Crippen LogP contribution is -2.49. The molecule has 20 heavy (non-hydrogen) atoms. The Balaban J connectivity index is 2.25. The fraction of sp³-hybridized carbons (Fsp3) is 0.562. The fourth-order valence-corrected chi connectivity index (χ4v) is 2.83. The van der Waals surface area contributed by atoms with E-state index >= 15 is 0 Å². The largest absolute Gasteiger partial charge is 0.465 e. The third-order valence-electron chi connectivity index (χ3n) is 3.69. The highest BCUT2D eigenvalue weighted by molar-refractivity contribution is 5.77. The summed E-state index contributed by atoms with van der Waals surface area (Å²) in [5, 5.41) is 10.3. The first-order chi connectivity index (χ1) is 9.53. The average Bonchev–Trinajstić information content (AvgIpc) is 2.39. The molecule has 4 nitrogen and oxygen atoms in total. The molecule has 0 aliphatic carbocycles. The lowest BCUT2D eigenvalue weighted by atomic mass is 9.92. The zero-order chi connectivity index (χ0) is 14.6. The van der Waals surface area contributed by atoms with Crippen molar-refractivity contribution < 1.29 is 14.6 Å². The van der Waals surface area contributed by atoms with Crippen LogP contribution in [-0.2, 0) is 9.53 Å². The second kappa shape index (κ2) is 6.37. The zero-order valence-electron chi connectivity index (χ0n) is 12.2. The summed E-state index contributed by atoms with van der Waals surface area (Å²) in [5.41, 5.74) is 0.182. The molecule has 110 valence electrons. The molecule has 1 fully saturated rings. The van der Waals surface area contributed by atoms with E-state index in [1.54, 1.807) is 0 Å². The number of rotatable bonds is 4. The molecule has 1 aliphatic heterocycles. The summed E-state index contributed by atoms with van der Waals surface area (Å²) < 4.78 is 5.22. The van der Waals surface area contributed by atoms with E-state index in [4.69, 9.17) is 4.74 Å². The molecule has 1 N–H and O–H groups in total. The average molecular weight is 277 g/mol. The van der Waals surface area contributed by atoms with Crippen molar-refractivity contribution in [3.63, 3.8) is 0 Å². The smallest absolute Gasteiger partial charge is 0.328 e. The highest BCUT2D eigenvalue weighted by Crippen LogP contribution is 2.29. The number of piperidine rings is 1. The van der Waals surface area contributed by atoms with Crippen LogP contribution in [0.25, 0.3) is 0 Å². The molecule has 0 bridgehead atoms.